The van der Waals surface area contributed by atoms with Gasteiger partial charge in [0.2, 0.25) is 11.8 Å². The number of carboxylic acid groups (broad SMARTS) is 1. The second-order valence-corrected chi connectivity index (χ2v) is 12.8. The normalized spacial score (nSPS) is 13.3. The topological polar surface area (TPSA) is 205 Å². The quantitative estimate of drug-likeness (QED) is 0.118. The summed E-state index contributed by atoms with van der Waals surface area (Å²) >= 11 is 0. The maximum absolute atomic E-state index is 12.9. The molecule has 0 aliphatic carbocycles. The van der Waals surface area contributed by atoms with Crippen LogP contribution in [0.25, 0.3) is 56.5 Å². The molecule has 266 valence electrons. The number of nitrogens with two attached hydrogens (primary N) is 2. The van der Waals surface area contributed by atoms with Crippen molar-refractivity contribution < 1.29 is 19.5 Å². The van der Waals surface area contributed by atoms with Crippen LogP contribution in [0.2, 0.25) is 0 Å². The van der Waals surface area contributed by atoms with Gasteiger partial charge in [-0.25, -0.2) is 9.97 Å². The Morgan fingerprint density at radius 3 is 1.78 bits per heavy atom. The van der Waals surface area contributed by atoms with Crippen molar-refractivity contribution in [1.29, 1.82) is 0 Å². The minimum atomic E-state index is -0.897. The van der Waals surface area contributed by atoms with Crippen LogP contribution in [-0.2, 0) is 14.4 Å². The van der Waals surface area contributed by atoms with E-state index in [0.717, 1.165) is 72.3 Å². The number of fused-ring (bicyclic) bond motifs is 8. The van der Waals surface area contributed by atoms with Crippen LogP contribution in [0.3, 0.4) is 0 Å². The molecule has 12 nitrogen and oxygen atoms in total. The molecule has 0 saturated carbocycles. The van der Waals surface area contributed by atoms with Crippen LogP contribution in [0.5, 0.6) is 0 Å². The number of carboxylic acids is 1. The lowest BCUT2D eigenvalue weighted by Crippen LogP contribution is -2.47. The van der Waals surface area contributed by atoms with E-state index in [-0.39, 0.29) is 44.3 Å². The van der Waals surface area contributed by atoms with Crippen molar-refractivity contribution in [2.45, 2.75) is 59.4 Å². The van der Waals surface area contributed by atoms with Crippen molar-refractivity contribution in [2.75, 3.05) is 19.6 Å². The fourth-order valence-corrected chi connectivity index (χ4v) is 6.49. The minimum absolute atomic E-state index is 0.0341. The SMILES string of the molecule is C=Cc1c(C)c2cc3[nH]c(cc4nc(cc5nc(cc1[nH]2)C(C)=C5CCC(=O)O)C(CCC(=O)NCCNC(=O)C(N)CN)=C4C)c(C)c3C=C. The number of carbonyl (C=O) groups is 3. The molecule has 9 N–H and O–H groups in total. The van der Waals surface area contributed by atoms with Gasteiger partial charge in [0.1, 0.15) is 0 Å². The second-order valence-electron chi connectivity index (χ2n) is 12.8. The van der Waals surface area contributed by atoms with E-state index in [1.807, 2.05) is 58.0 Å². The zero-order chi connectivity index (χ0) is 37.0. The summed E-state index contributed by atoms with van der Waals surface area (Å²) in [7, 11) is 0. The van der Waals surface area contributed by atoms with E-state index in [1.54, 1.807) is 0 Å². The summed E-state index contributed by atoms with van der Waals surface area (Å²) in [5.74, 6) is -1.45. The molecule has 2 amide bonds. The van der Waals surface area contributed by atoms with E-state index in [4.69, 9.17) is 21.4 Å². The number of hydrogen-bond donors (Lipinski definition) is 7. The molecule has 0 fully saturated rings. The highest BCUT2D eigenvalue weighted by Gasteiger charge is 2.23. The Bertz CT molecular complexity index is 2170. The molecule has 1 unspecified atom stereocenters. The highest BCUT2D eigenvalue weighted by molar-refractivity contribution is 5.97. The lowest BCUT2D eigenvalue weighted by Gasteiger charge is -2.11. The third-order valence-electron chi connectivity index (χ3n) is 9.57. The highest BCUT2D eigenvalue weighted by Crippen LogP contribution is 2.38. The van der Waals surface area contributed by atoms with Crippen LogP contribution < -0.4 is 22.1 Å². The Labute approximate surface area is 296 Å². The molecule has 5 heterocycles. The van der Waals surface area contributed by atoms with Gasteiger partial charge in [-0.2, -0.15) is 0 Å². The maximum atomic E-state index is 12.9. The number of rotatable bonds is 13. The van der Waals surface area contributed by atoms with Crippen molar-refractivity contribution in [3.8, 4) is 0 Å². The molecule has 3 aromatic heterocycles. The van der Waals surface area contributed by atoms with E-state index in [9.17, 15) is 19.5 Å². The Hall–Kier alpha value is -5.59. The summed E-state index contributed by atoms with van der Waals surface area (Å²) in [6, 6.07) is 7.15. The lowest BCUT2D eigenvalue weighted by atomic mass is 9.98. The van der Waals surface area contributed by atoms with Gasteiger partial charge >= 0.3 is 5.97 Å². The Morgan fingerprint density at radius 2 is 1.25 bits per heavy atom. The summed E-state index contributed by atoms with van der Waals surface area (Å²) in [6.07, 6.45) is 4.48. The number of hydrogen-bond acceptors (Lipinski definition) is 7. The molecular formula is C39H46N8O4. The minimum Gasteiger partial charge on any atom is -0.481 e. The van der Waals surface area contributed by atoms with Gasteiger partial charge in [0.15, 0.2) is 0 Å². The number of aromatic amines is 2. The third-order valence-corrected chi connectivity index (χ3v) is 9.57. The number of H-pyrrole nitrogens is 2. The molecule has 12 heteroatoms. The molecule has 2 aliphatic rings. The van der Waals surface area contributed by atoms with Crippen LogP contribution in [0.1, 0.15) is 84.6 Å². The molecule has 5 rings (SSSR count). The maximum Gasteiger partial charge on any atom is 0.303 e. The predicted octanol–water partition coefficient (Wildman–Crippen LogP) is 5.24. The number of aryl methyl sites for hydroxylation is 2. The van der Waals surface area contributed by atoms with Gasteiger partial charge < -0.3 is 37.2 Å². The molecule has 0 saturated heterocycles. The first-order valence-corrected chi connectivity index (χ1v) is 17.0. The zero-order valence-electron chi connectivity index (χ0n) is 29.6. The van der Waals surface area contributed by atoms with Gasteiger partial charge in [-0.3, -0.25) is 14.4 Å². The van der Waals surface area contributed by atoms with Gasteiger partial charge in [-0.1, -0.05) is 25.3 Å². The number of nitrogens with one attached hydrogen (secondary N) is 4. The lowest BCUT2D eigenvalue weighted by molar-refractivity contribution is -0.136. The van der Waals surface area contributed by atoms with Crippen LogP contribution in [-0.4, -0.2) is 68.5 Å². The highest BCUT2D eigenvalue weighted by atomic mass is 16.4. The molecule has 51 heavy (non-hydrogen) atoms. The number of allylic oxidation sites excluding steroid dienone is 4. The van der Waals surface area contributed by atoms with E-state index in [0.29, 0.717) is 29.9 Å². The predicted molar refractivity (Wildman–Crippen MR) is 205 cm³/mol. The van der Waals surface area contributed by atoms with Crippen LogP contribution >= 0.6 is 0 Å². The van der Waals surface area contributed by atoms with Crippen LogP contribution in [0, 0.1) is 13.8 Å². The van der Waals surface area contributed by atoms with Gasteiger partial charge in [0.05, 0.1) is 28.8 Å². The summed E-state index contributed by atoms with van der Waals surface area (Å²) in [5.41, 5.74) is 24.8. The number of nitrogens with zero attached hydrogens (tertiary/aromatic N) is 2. The van der Waals surface area contributed by atoms with Crippen molar-refractivity contribution in [3.63, 3.8) is 0 Å². The van der Waals surface area contributed by atoms with E-state index >= 15 is 0 Å². The van der Waals surface area contributed by atoms with Gasteiger partial charge in [0.25, 0.3) is 0 Å². The molecule has 0 aromatic carbocycles. The Kier molecular flexibility index (Phi) is 11.2. The van der Waals surface area contributed by atoms with Crippen molar-refractivity contribution >= 4 is 74.3 Å². The average Bonchev–Trinajstić information content (AvgIpc) is 3.76. The summed E-state index contributed by atoms with van der Waals surface area (Å²) in [4.78, 5) is 53.7. The van der Waals surface area contributed by atoms with E-state index < -0.39 is 12.0 Å². The Balaban J connectivity index is 1.64. The molecule has 8 bridgehead atoms. The molecule has 1 atom stereocenters. The molecule has 0 spiro atoms. The summed E-state index contributed by atoms with van der Waals surface area (Å²) in [6.45, 7) is 16.7. The first-order valence-electron chi connectivity index (χ1n) is 17.0. The first kappa shape index (κ1) is 36.7. The second kappa shape index (κ2) is 15.5. The third kappa shape index (κ3) is 7.77. The zero-order valence-corrected chi connectivity index (χ0v) is 29.6. The van der Waals surface area contributed by atoms with E-state index in [1.165, 1.54) is 0 Å². The molecule has 3 aromatic rings. The average molecular weight is 691 g/mol. The molecule has 2 aliphatic heterocycles. The number of aromatic nitrogens is 4. The van der Waals surface area contributed by atoms with Crippen molar-refractivity contribution in [3.05, 3.63) is 82.5 Å². The monoisotopic (exact) mass is 690 g/mol. The largest absolute Gasteiger partial charge is 0.481 e. The number of aliphatic carboxylic acids is 1. The first-order chi connectivity index (χ1) is 24.4. The summed E-state index contributed by atoms with van der Waals surface area (Å²) < 4.78 is 0. The number of amides is 2. The smallest absolute Gasteiger partial charge is 0.303 e. The fourth-order valence-electron chi connectivity index (χ4n) is 6.49. The molecule has 0 radical (unpaired) electrons. The fraction of sp³-hybridized carbons (Fsp3) is 0.308. The van der Waals surface area contributed by atoms with Gasteiger partial charge in [-0.15, -0.1) is 0 Å². The van der Waals surface area contributed by atoms with Gasteiger partial charge in [-0.05, 0) is 98.2 Å². The summed E-state index contributed by atoms with van der Waals surface area (Å²) in [5, 5.41) is 15.1. The van der Waals surface area contributed by atoms with Crippen molar-refractivity contribution in [2.24, 2.45) is 11.5 Å². The Morgan fingerprint density at radius 1 is 0.765 bits per heavy atom. The number of carbonyl (C=O) groups excluding carboxylic acids is 2. The molecular weight excluding hydrogens is 644 g/mol. The van der Waals surface area contributed by atoms with Crippen LogP contribution in [0.15, 0.2) is 37.4 Å². The van der Waals surface area contributed by atoms with Gasteiger partial charge in [0, 0.05) is 65.7 Å². The van der Waals surface area contributed by atoms with Crippen LogP contribution in [0.4, 0.5) is 0 Å². The van der Waals surface area contributed by atoms with E-state index in [2.05, 4.69) is 39.8 Å². The van der Waals surface area contributed by atoms with Crippen molar-refractivity contribution in [1.82, 2.24) is 30.6 Å². The standard InChI is InChI=1S/C39H46N8O4/c1-7-24-20(3)29-15-30-22(5)26(9-11-37(48)42-13-14-43-39(51)28(41)19-40)35(46-30)18-36-27(10-12-38(49)50)23(6)32(47-36)17-34-25(8-2)21(4)31(45-34)16-33(24)44-29/h7-8,15-18,28,44-45H,1-2,9-14,19,40-41H2,3-6H3,(H,42,48)(H,43,51)(H,49,50).